The van der Waals surface area contributed by atoms with Crippen LogP contribution >= 0.6 is 0 Å². The van der Waals surface area contributed by atoms with Crippen LogP contribution in [0.3, 0.4) is 0 Å². The van der Waals surface area contributed by atoms with E-state index in [1.54, 1.807) is 29.2 Å². The second kappa shape index (κ2) is 8.31. The van der Waals surface area contributed by atoms with Crippen molar-refractivity contribution in [1.29, 1.82) is 0 Å². The highest BCUT2D eigenvalue weighted by Crippen LogP contribution is 2.33. The number of rotatable bonds is 4. The quantitative estimate of drug-likeness (QED) is 0.781. The molecule has 150 valence electrons. The van der Waals surface area contributed by atoms with Gasteiger partial charge < -0.3 is 9.64 Å². The Morgan fingerprint density at radius 2 is 1.96 bits per heavy atom. The predicted molar refractivity (Wildman–Crippen MR) is 98.6 cm³/mol. The van der Waals surface area contributed by atoms with E-state index in [1.165, 1.54) is 12.1 Å². The number of morpholine rings is 1. The van der Waals surface area contributed by atoms with Gasteiger partial charge in [0.15, 0.2) is 0 Å². The van der Waals surface area contributed by atoms with Gasteiger partial charge in [0.05, 0.1) is 24.4 Å². The lowest BCUT2D eigenvalue weighted by molar-refractivity contribution is -0.142. The molecule has 7 heteroatoms. The fraction of sp³-hybridized carbons (Fsp3) is 0.429. The number of ether oxygens (including phenoxy) is 1. The molecule has 0 spiro atoms. The number of alkyl halides is 3. The van der Waals surface area contributed by atoms with Crippen LogP contribution in [0.1, 0.15) is 42.5 Å². The molecule has 1 saturated heterocycles. The van der Waals surface area contributed by atoms with E-state index in [-0.39, 0.29) is 29.9 Å². The largest absolute Gasteiger partial charge is 0.416 e. The summed E-state index contributed by atoms with van der Waals surface area (Å²) in [5.41, 5.74) is 0.694. The number of carbonyl (C=O) groups is 1. The minimum Gasteiger partial charge on any atom is -0.368 e. The van der Waals surface area contributed by atoms with E-state index in [1.807, 2.05) is 13.8 Å². The average molecular weight is 392 g/mol. The molecule has 0 aliphatic carbocycles. The molecule has 1 aromatic carbocycles. The first-order valence-electron chi connectivity index (χ1n) is 9.27. The van der Waals surface area contributed by atoms with E-state index >= 15 is 0 Å². The Labute approximate surface area is 162 Å². The lowest BCUT2D eigenvalue weighted by Gasteiger charge is -2.33. The molecular weight excluding hydrogens is 369 g/mol. The molecule has 1 aromatic heterocycles. The maximum Gasteiger partial charge on any atom is 0.416 e. The van der Waals surface area contributed by atoms with Gasteiger partial charge in [-0.05, 0) is 23.8 Å². The highest BCUT2D eigenvalue weighted by atomic mass is 19.4. The third kappa shape index (κ3) is 4.70. The van der Waals surface area contributed by atoms with Crippen molar-refractivity contribution in [3.8, 4) is 0 Å². The molecule has 0 saturated carbocycles. The van der Waals surface area contributed by atoms with Gasteiger partial charge in [-0.25, -0.2) is 0 Å². The van der Waals surface area contributed by atoms with Gasteiger partial charge in [0.2, 0.25) is 5.91 Å². The molecule has 1 amide bonds. The molecule has 0 N–H and O–H groups in total. The van der Waals surface area contributed by atoms with Crippen molar-refractivity contribution in [3.05, 3.63) is 65.0 Å². The minimum absolute atomic E-state index is 0.0589. The number of aromatic nitrogens is 1. The Hall–Kier alpha value is -2.41. The summed E-state index contributed by atoms with van der Waals surface area (Å²) >= 11 is 0. The van der Waals surface area contributed by atoms with Crippen LogP contribution in [0.2, 0.25) is 0 Å². The third-order valence-electron chi connectivity index (χ3n) is 4.72. The standard InChI is InChI=1S/C21H23F3N2O2/c1-14(2)20(27)26-10-11-28-19(13-26)18-9-5-7-16(25-18)12-15-6-3-4-8-17(15)21(22,23)24/h3-9,14,19H,10-13H2,1-2H3. The van der Waals surface area contributed by atoms with Crippen molar-refractivity contribution in [2.75, 3.05) is 19.7 Å². The first kappa shape index (κ1) is 20.3. The van der Waals surface area contributed by atoms with E-state index in [0.717, 1.165) is 6.07 Å². The fourth-order valence-corrected chi connectivity index (χ4v) is 3.32. The summed E-state index contributed by atoms with van der Waals surface area (Å²) in [6.07, 6.45) is -4.71. The maximum absolute atomic E-state index is 13.2. The molecule has 2 heterocycles. The van der Waals surface area contributed by atoms with Crippen molar-refractivity contribution in [2.45, 2.75) is 32.5 Å². The summed E-state index contributed by atoms with van der Waals surface area (Å²) in [6.45, 7) is 5.04. The number of nitrogens with zero attached hydrogens (tertiary/aromatic N) is 2. The smallest absolute Gasteiger partial charge is 0.368 e. The number of halogens is 3. The molecule has 3 rings (SSSR count). The van der Waals surface area contributed by atoms with Crippen LogP contribution in [-0.2, 0) is 22.1 Å². The number of benzene rings is 1. The summed E-state index contributed by atoms with van der Waals surface area (Å²) in [4.78, 5) is 18.5. The molecular formula is C21H23F3N2O2. The van der Waals surface area contributed by atoms with Gasteiger partial charge in [0, 0.05) is 24.6 Å². The van der Waals surface area contributed by atoms with E-state index in [4.69, 9.17) is 4.74 Å². The van der Waals surface area contributed by atoms with Gasteiger partial charge in [0.25, 0.3) is 0 Å². The van der Waals surface area contributed by atoms with Crippen molar-refractivity contribution in [1.82, 2.24) is 9.88 Å². The van der Waals surface area contributed by atoms with Crippen LogP contribution in [0.5, 0.6) is 0 Å². The molecule has 4 nitrogen and oxygen atoms in total. The maximum atomic E-state index is 13.2. The summed E-state index contributed by atoms with van der Waals surface area (Å²) < 4.78 is 45.5. The van der Waals surface area contributed by atoms with E-state index in [0.29, 0.717) is 31.1 Å². The van der Waals surface area contributed by atoms with Crippen molar-refractivity contribution < 1.29 is 22.7 Å². The Balaban J connectivity index is 1.79. The van der Waals surface area contributed by atoms with Crippen molar-refractivity contribution >= 4 is 5.91 Å². The SMILES string of the molecule is CC(C)C(=O)N1CCOC(c2cccc(Cc3ccccc3C(F)(F)F)n2)C1. The van der Waals surface area contributed by atoms with Gasteiger partial charge in [-0.2, -0.15) is 13.2 Å². The van der Waals surface area contributed by atoms with Crippen LogP contribution in [0.25, 0.3) is 0 Å². The molecule has 0 bridgehead atoms. The Morgan fingerprint density at radius 3 is 2.68 bits per heavy atom. The zero-order valence-corrected chi connectivity index (χ0v) is 15.9. The van der Waals surface area contributed by atoms with Crippen LogP contribution in [0.4, 0.5) is 13.2 Å². The zero-order valence-electron chi connectivity index (χ0n) is 15.9. The molecule has 1 atom stereocenters. The van der Waals surface area contributed by atoms with Gasteiger partial charge in [-0.15, -0.1) is 0 Å². The molecule has 1 aliphatic heterocycles. The van der Waals surface area contributed by atoms with Crippen LogP contribution in [0, 0.1) is 5.92 Å². The topological polar surface area (TPSA) is 42.4 Å². The summed E-state index contributed by atoms with van der Waals surface area (Å²) in [5, 5.41) is 0. The molecule has 28 heavy (non-hydrogen) atoms. The summed E-state index contributed by atoms with van der Waals surface area (Å²) in [6, 6.07) is 10.8. The molecule has 1 fully saturated rings. The summed E-state index contributed by atoms with van der Waals surface area (Å²) in [7, 11) is 0. The first-order valence-corrected chi connectivity index (χ1v) is 9.27. The molecule has 2 aromatic rings. The Morgan fingerprint density at radius 1 is 1.21 bits per heavy atom. The van der Waals surface area contributed by atoms with E-state index in [9.17, 15) is 18.0 Å². The average Bonchev–Trinajstić information content (AvgIpc) is 2.67. The lowest BCUT2D eigenvalue weighted by Crippen LogP contribution is -2.44. The minimum atomic E-state index is -4.40. The van der Waals surface area contributed by atoms with E-state index in [2.05, 4.69) is 4.98 Å². The number of amides is 1. The van der Waals surface area contributed by atoms with E-state index < -0.39 is 11.7 Å². The van der Waals surface area contributed by atoms with Crippen LogP contribution in [0.15, 0.2) is 42.5 Å². The predicted octanol–water partition coefficient (Wildman–Crippen LogP) is 4.25. The second-order valence-corrected chi connectivity index (χ2v) is 7.18. The molecule has 0 radical (unpaired) electrons. The fourth-order valence-electron chi connectivity index (χ4n) is 3.32. The van der Waals surface area contributed by atoms with Crippen molar-refractivity contribution in [2.24, 2.45) is 5.92 Å². The van der Waals surface area contributed by atoms with Crippen LogP contribution < -0.4 is 0 Å². The number of hydrogen-bond donors (Lipinski definition) is 0. The molecule has 1 aliphatic rings. The Bertz CT molecular complexity index is 836. The molecule has 1 unspecified atom stereocenters. The summed E-state index contributed by atoms with van der Waals surface area (Å²) in [5.74, 6) is -0.0412. The normalized spacial score (nSPS) is 17.8. The number of pyridine rings is 1. The van der Waals surface area contributed by atoms with Crippen molar-refractivity contribution in [3.63, 3.8) is 0 Å². The zero-order chi connectivity index (χ0) is 20.3. The lowest BCUT2D eigenvalue weighted by atomic mass is 10.0. The van der Waals surface area contributed by atoms with Gasteiger partial charge in [0.1, 0.15) is 6.10 Å². The van der Waals surface area contributed by atoms with Crippen LogP contribution in [-0.4, -0.2) is 35.5 Å². The number of carbonyl (C=O) groups excluding carboxylic acids is 1. The van der Waals surface area contributed by atoms with Gasteiger partial charge in [-0.3, -0.25) is 9.78 Å². The first-order chi connectivity index (χ1) is 13.3. The third-order valence-corrected chi connectivity index (χ3v) is 4.72. The van der Waals surface area contributed by atoms with Gasteiger partial charge >= 0.3 is 6.18 Å². The highest BCUT2D eigenvalue weighted by Gasteiger charge is 2.33. The highest BCUT2D eigenvalue weighted by molar-refractivity contribution is 5.78. The Kier molecular flexibility index (Phi) is 6.03. The second-order valence-electron chi connectivity index (χ2n) is 7.18. The van der Waals surface area contributed by atoms with Gasteiger partial charge in [-0.1, -0.05) is 38.1 Å². The number of hydrogen-bond acceptors (Lipinski definition) is 3. The monoisotopic (exact) mass is 392 g/mol.